The van der Waals surface area contributed by atoms with Crippen LogP contribution in [0.3, 0.4) is 0 Å². The number of nitrogen functional groups attached to an aromatic ring is 1. The van der Waals surface area contributed by atoms with Crippen molar-refractivity contribution in [3.05, 3.63) is 64.2 Å². The molecule has 1 aliphatic rings. The average Bonchev–Trinajstić information content (AvgIpc) is 3.15. The highest BCUT2D eigenvalue weighted by Gasteiger charge is 2.26. The molecule has 0 spiro atoms. The summed E-state index contributed by atoms with van der Waals surface area (Å²) in [6, 6.07) is 14.3. The lowest BCUT2D eigenvalue weighted by molar-refractivity contribution is 0.898. The summed E-state index contributed by atoms with van der Waals surface area (Å²) in [5, 5.41) is 14.8. The topological polar surface area (TPSA) is 90.9 Å². The molecule has 0 saturated carbocycles. The minimum absolute atomic E-state index is 0.102. The van der Waals surface area contributed by atoms with Crippen molar-refractivity contribution in [2.24, 2.45) is 0 Å². The maximum absolute atomic E-state index is 9.38. The molecule has 0 fully saturated rings. The van der Waals surface area contributed by atoms with E-state index in [2.05, 4.69) is 55.3 Å². The molecule has 2 aromatic heterocycles. The lowest BCUT2D eigenvalue weighted by Gasteiger charge is -2.33. The molecule has 4 rings (SSSR count). The van der Waals surface area contributed by atoms with Crippen LogP contribution in [0.5, 0.6) is 0 Å². The highest BCUT2D eigenvalue weighted by atomic mass is 32.2. The molecule has 3 aromatic rings. The normalized spacial score (nSPS) is 14.1. The molecule has 27 heavy (non-hydrogen) atoms. The summed E-state index contributed by atoms with van der Waals surface area (Å²) in [7, 11) is 0. The van der Waals surface area contributed by atoms with Crippen LogP contribution in [-0.2, 0) is 0 Å². The van der Waals surface area contributed by atoms with Crippen molar-refractivity contribution in [3.63, 3.8) is 0 Å². The Hall–Kier alpha value is -3.02. The number of thiophene rings is 1. The van der Waals surface area contributed by atoms with E-state index in [1.54, 1.807) is 23.3 Å². The number of benzene rings is 1. The molecule has 8 heteroatoms. The van der Waals surface area contributed by atoms with Crippen LogP contribution in [0.2, 0.25) is 0 Å². The lowest BCUT2D eigenvalue weighted by atomic mass is 10.1. The number of nitriles is 1. The Labute approximate surface area is 165 Å². The van der Waals surface area contributed by atoms with Crippen molar-refractivity contribution in [1.29, 1.82) is 5.26 Å². The van der Waals surface area contributed by atoms with Gasteiger partial charge in [0.25, 0.3) is 0 Å². The van der Waals surface area contributed by atoms with E-state index in [1.165, 1.54) is 16.1 Å². The van der Waals surface area contributed by atoms with Crippen molar-refractivity contribution in [2.45, 2.75) is 17.9 Å². The number of nitrogens with zero attached hydrogens (tertiary/aromatic N) is 4. The van der Waals surface area contributed by atoms with Gasteiger partial charge in [-0.3, -0.25) is 4.31 Å². The lowest BCUT2D eigenvalue weighted by Crippen LogP contribution is -2.30. The van der Waals surface area contributed by atoms with Crippen LogP contribution in [0, 0.1) is 11.3 Å². The number of anilines is 3. The van der Waals surface area contributed by atoms with Crippen molar-refractivity contribution < 1.29 is 0 Å². The van der Waals surface area contributed by atoms with Gasteiger partial charge in [-0.15, -0.1) is 11.3 Å². The van der Waals surface area contributed by atoms with Gasteiger partial charge in [0.2, 0.25) is 0 Å². The SMILES string of the molecule is CC(Nc1ncnc(N)c1C#N)C1=Cc2sccc2SN1c1ccccc1. The molecule has 0 bridgehead atoms. The molecule has 6 nitrogen and oxygen atoms in total. The highest BCUT2D eigenvalue weighted by Crippen LogP contribution is 2.43. The van der Waals surface area contributed by atoms with Gasteiger partial charge < -0.3 is 11.1 Å². The molecule has 3 N–H and O–H groups in total. The third-order valence-electron chi connectivity index (χ3n) is 4.14. The number of hydrogen-bond acceptors (Lipinski definition) is 8. The average molecular weight is 393 g/mol. The molecule has 0 radical (unpaired) electrons. The summed E-state index contributed by atoms with van der Waals surface area (Å²) in [5.41, 5.74) is 8.23. The number of nitrogens with two attached hydrogens (primary N) is 1. The zero-order valence-electron chi connectivity index (χ0n) is 14.5. The zero-order valence-corrected chi connectivity index (χ0v) is 16.1. The first kappa shape index (κ1) is 17.4. The third-order valence-corrected chi connectivity index (χ3v) is 6.29. The van der Waals surface area contributed by atoms with Gasteiger partial charge in [0.05, 0.1) is 17.4 Å². The molecule has 1 atom stereocenters. The van der Waals surface area contributed by atoms with Crippen LogP contribution < -0.4 is 15.4 Å². The fourth-order valence-electron chi connectivity index (χ4n) is 2.80. The Morgan fingerprint density at radius 3 is 2.81 bits per heavy atom. The van der Waals surface area contributed by atoms with Gasteiger partial charge in [-0.25, -0.2) is 9.97 Å². The van der Waals surface area contributed by atoms with Crippen LogP contribution >= 0.6 is 23.3 Å². The second-order valence-electron chi connectivity index (χ2n) is 5.90. The van der Waals surface area contributed by atoms with Crippen LogP contribution in [0.4, 0.5) is 17.3 Å². The van der Waals surface area contributed by atoms with Gasteiger partial charge in [-0.05, 0) is 48.5 Å². The second kappa shape index (κ2) is 7.31. The van der Waals surface area contributed by atoms with Gasteiger partial charge in [0.15, 0.2) is 0 Å². The molecule has 0 amide bonds. The summed E-state index contributed by atoms with van der Waals surface area (Å²) in [5.74, 6) is 0.614. The van der Waals surface area contributed by atoms with Gasteiger partial charge in [-0.1, -0.05) is 18.2 Å². The molecule has 3 heterocycles. The van der Waals surface area contributed by atoms with E-state index in [9.17, 15) is 5.26 Å². The van der Waals surface area contributed by atoms with Gasteiger partial charge in [-0.2, -0.15) is 5.26 Å². The predicted molar refractivity (Wildman–Crippen MR) is 111 cm³/mol. The monoisotopic (exact) mass is 392 g/mol. The summed E-state index contributed by atoms with van der Waals surface area (Å²) < 4.78 is 2.20. The molecular formula is C19H16N6S2. The fraction of sp³-hybridized carbons (Fsp3) is 0.105. The number of fused-ring (bicyclic) bond motifs is 1. The Morgan fingerprint density at radius 2 is 2.04 bits per heavy atom. The quantitative estimate of drug-likeness (QED) is 0.637. The van der Waals surface area contributed by atoms with Crippen LogP contribution in [0.1, 0.15) is 17.4 Å². The van der Waals surface area contributed by atoms with Crippen molar-refractivity contribution in [3.8, 4) is 6.07 Å². The van der Waals surface area contributed by atoms with E-state index in [4.69, 9.17) is 5.73 Å². The summed E-state index contributed by atoms with van der Waals surface area (Å²) in [6.07, 6.45) is 3.54. The van der Waals surface area contributed by atoms with Crippen LogP contribution in [-0.4, -0.2) is 16.0 Å². The zero-order chi connectivity index (χ0) is 18.8. The van der Waals surface area contributed by atoms with E-state index in [0.29, 0.717) is 5.82 Å². The maximum atomic E-state index is 9.38. The molecule has 1 aromatic carbocycles. The molecular weight excluding hydrogens is 376 g/mol. The second-order valence-corrected chi connectivity index (χ2v) is 7.84. The molecule has 134 valence electrons. The Bertz CT molecular complexity index is 1040. The first-order valence-corrected chi connectivity index (χ1v) is 9.92. The number of hydrogen-bond donors (Lipinski definition) is 2. The Balaban J connectivity index is 1.71. The van der Waals surface area contributed by atoms with Crippen LogP contribution in [0.25, 0.3) is 6.08 Å². The van der Waals surface area contributed by atoms with Crippen molar-refractivity contribution in [2.75, 3.05) is 15.4 Å². The van der Waals surface area contributed by atoms with Gasteiger partial charge in [0, 0.05) is 9.77 Å². The minimum Gasteiger partial charge on any atom is -0.382 e. The van der Waals surface area contributed by atoms with E-state index in [-0.39, 0.29) is 17.4 Å². The number of rotatable bonds is 4. The number of aromatic nitrogens is 2. The van der Waals surface area contributed by atoms with E-state index >= 15 is 0 Å². The molecule has 1 aliphatic heterocycles. The van der Waals surface area contributed by atoms with E-state index in [1.807, 2.05) is 25.1 Å². The smallest absolute Gasteiger partial charge is 0.150 e. The fourth-order valence-corrected chi connectivity index (χ4v) is 4.88. The van der Waals surface area contributed by atoms with Gasteiger partial charge >= 0.3 is 0 Å². The summed E-state index contributed by atoms with van der Waals surface area (Å²) >= 11 is 3.40. The predicted octanol–water partition coefficient (Wildman–Crippen LogP) is 4.36. The standard InChI is InChI=1S/C19H16N6S2/c1-12(24-19-14(10-20)18(21)22-11-23-19)15-9-17-16(7-8-26-17)27-25(15)13-5-3-2-4-6-13/h2-9,11-12H,1H3,(H3,21,22,23,24). The number of para-hydroxylation sites is 1. The van der Waals surface area contributed by atoms with Crippen molar-refractivity contribution >= 4 is 46.7 Å². The maximum Gasteiger partial charge on any atom is 0.150 e. The first-order chi connectivity index (χ1) is 13.2. The largest absolute Gasteiger partial charge is 0.382 e. The molecule has 1 unspecified atom stereocenters. The summed E-state index contributed by atoms with van der Waals surface area (Å²) in [6.45, 7) is 2.04. The molecule has 0 saturated heterocycles. The Kier molecular flexibility index (Phi) is 4.71. The summed E-state index contributed by atoms with van der Waals surface area (Å²) in [4.78, 5) is 10.5. The highest BCUT2D eigenvalue weighted by molar-refractivity contribution is 8.01. The minimum atomic E-state index is -0.102. The first-order valence-electron chi connectivity index (χ1n) is 8.26. The third kappa shape index (κ3) is 3.35. The van der Waals surface area contributed by atoms with Gasteiger partial charge in [0.1, 0.15) is 29.6 Å². The van der Waals surface area contributed by atoms with E-state index < -0.39 is 0 Å². The number of nitrogens with one attached hydrogen (secondary N) is 1. The van der Waals surface area contributed by atoms with E-state index in [0.717, 1.165) is 11.4 Å². The van der Waals surface area contributed by atoms with Crippen LogP contribution in [0.15, 0.2) is 58.7 Å². The molecule has 0 aliphatic carbocycles. The van der Waals surface area contributed by atoms with Crippen molar-refractivity contribution in [1.82, 2.24) is 9.97 Å². The Morgan fingerprint density at radius 1 is 1.22 bits per heavy atom.